The van der Waals surface area contributed by atoms with E-state index in [1.165, 1.54) is 6.07 Å². The molecule has 0 aliphatic rings. The van der Waals surface area contributed by atoms with Crippen molar-refractivity contribution in [1.29, 1.82) is 0 Å². The molecule has 7 heteroatoms. The van der Waals surface area contributed by atoms with Gasteiger partial charge in [0, 0.05) is 17.5 Å². The zero-order valence-electron chi connectivity index (χ0n) is 19.4. The second-order valence-electron chi connectivity index (χ2n) is 7.27. The van der Waals surface area contributed by atoms with Crippen LogP contribution in [0.3, 0.4) is 0 Å². The first kappa shape index (κ1) is 23.8. The van der Waals surface area contributed by atoms with E-state index in [-0.39, 0.29) is 12.2 Å². The van der Waals surface area contributed by atoms with Crippen LogP contribution >= 0.6 is 0 Å². The predicted molar refractivity (Wildman–Crippen MR) is 124 cm³/mol. The van der Waals surface area contributed by atoms with E-state index in [0.717, 1.165) is 22.3 Å². The molecule has 0 saturated carbocycles. The molecule has 33 heavy (non-hydrogen) atoms. The smallest absolute Gasteiger partial charge is 0.339 e. The van der Waals surface area contributed by atoms with Crippen molar-refractivity contribution in [2.75, 3.05) is 28.4 Å². The van der Waals surface area contributed by atoms with Crippen molar-refractivity contribution in [2.24, 2.45) is 0 Å². The zero-order valence-corrected chi connectivity index (χ0v) is 19.4. The van der Waals surface area contributed by atoms with Crippen molar-refractivity contribution in [1.82, 2.24) is 0 Å². The van der Waals surface area contributed by atoms with E-state index in [1.807, 2.05) is 31.2 Å². The highest BCUT2D eigenvalue weighted by Gasteiger charge is 2.26. The van der Waals surface area contributed by atoms with Gasteiger partial charge >= 0.3 is 5.97 Å². The number of carboxylic acid groups (broad SMARTS) is 1. The summed E-state index contributed by atoms with van der Waals surface area (Å²) in [7, 11) is 6.29. The van der Waals surface area contributed by atoms with Crippen molar-refractivity contribution < 1.29 is 33.6 Å². The Kier molecular flexibility index (Phi) is 7.66. The first-order chi connectivity index (χ1) is 16.0. The van der Waals surface area contributed by atoms with Crippen LogP contribution in [0.25, 0.3) is 0 Å². The van der Waals surface area contributed by atoms with Gasteiger partial charge in [0.15, 0.2) is 11.5 Å². The maximum Gasteiger partial charge on any atom is 0.339 e. The van der Waals surface area contributed by atoms with Gasteiger partial charge in [-0.3, -0.25) is 0 Å². The molecule has 0 radical (unpaired) electrons. The van der Waals surface area contributed by atoms with Gasteiger partial charge in [-0.2, -0.15) is 0 Å². The molecule has 174 valence electrons. The quantitative estimate of drug-likeness (QED) is 0.469. The molecule has 0 saturated heterocycles. The lowest BCUT2D eigenvalue weighted by molar-refractivity contribution is 0.0691. The van der Waals surface area contributed by atoms with Gasteiger partial charge in [-0.1, -0.05) is 36.4 Å². The van der Waals surface area contributed by atoms with E-state index >= 15 is 0 Å². The largest absolute Gasteiger partial charge is 0.492 e. The van der Waals surface area contributed by atoms with Crippen molar-refractivity contribution in [3.05, 3.63) is 76.3 Å². The van der Waals surface area contributed by atoms with Crippen LogP contribution in [-0.2, 0) is 13.0 Å². The van der Waals surface area contributed by atoms with E-state index in [4.69, 9.17) is 23.7 Å². The van der Waals surface area contributed by atoms with Crippen LogP contribution in [0.2, 0.25) is 0 Å². The highest BCUT2D eigenvalue weighted by atomic mass is 16.5. The number of hydrogen-bond donors (Lipinski definition) is 1. The van der Waals surface area contributed by atoms with Crippen LogP contribution in [0.1, 0.15) is 32.6 Å². The summed E-state index contributed by atoms with van der Waals surface area (Å²) in [4.78, 5) is 11.5. The summed E-state index contributed by atoms with van der Waals surface area (Å²) in [5.74, 6) is 1.37. The van der Waals surface area contributed by atoms with Gasteiger partial charge in [0.1, 0.15) is 17.9 Å². The highest BCUT2D eigenvalue weighted by molar-refractivity contribution is 5.90. The molecular weight excluding hydrogens is 424 g/mol. The predicted octanol–water partition coefficient (Wildman–Crippen LogP) is 4.90. The molecule has 0 bridgehead atoms. The van der Waals surface area contributed by atoms with Crippen LogP contribution in [0.4, 0.5) is 0 Å². The minimum Gasteiger partial charge on any atom is -0.492 e. The average molecular weight is 453 g/mol. The maximum atomic E-state index is 11.5. The fraction of sp³-hybridized carbons (Fsp3) is 0.269. The molecule has 0 atom stereocenters. The van der Waals surface area contributed by atoms with Gasteiger partial charge in [0.25, 0.3) is 0 Å². The Morgan fingerprint density at radius 3 is 1.91 bits per heavy atom. The second-order valence-corrected chi connectivity index (χ2v) is 7.27. The molecule has 3 aromatic rings. The maximum absolute atomic E-state index is 11.5. The number of hydrogen-bond acceptors (Lipinski definition) is 6. The van der Waals surface area contributed by atoms with Gasteiger partial charge in [-0.15, -0.1) is 0 Å². The summed E-state index contributed by atoms with van der Waals surface area (Å²) in [6, 6.07) is 14.4. The fourth-order valence-corrected chi connectivity index (χ4v) is 3.85. The van der Waals surface area contributed by atoms with Gasteiger partial charge < -0.3 is 28.8 Å². The number of para-hydroxylation sites is 1. The Morgan fingerprint density at radius 1 is 0.758 bits per heavy atom. The summed E-state index contributed by atoms with van der Waals surface area (Å²) in [5, 5.41) is 9.41. The van der Waals surface area contributed by atoms with Crippen LogP contribution in [0.5, 0.6) is 28.7 Å². The lowest BCUT2D eigenvalue weighted by Crippen LogP contribution is -2.08. The summed E-state index contributed by atoms with van der Waals surface area (Å²) in [5.41, 5.74) is 3.82. The Hall–Kier alpha value is -3.87. The van der Waals surface area contributed by atoms with Crippen molar-refractivity contribution >= 4 is 5.97 Å². The zero-order chi connectivity index (χ0) is 24.0. The highest BCUT2D eigenvalue weighted by Crippen LogP contribution is 2.49. The Balaban J connectivity index is 2.00. The molecule has 0 amide bonds. The number of carbonyl (C=O) groups is 1. The van der Waals surface area contributed by atoms with Crippen molar-refractivity contribution in [2.45, 2.75) is 20.0 Å². The van der Waals surface area contributed by atoms with Gasteiger partial charge in [0.05, 0.1) is 28.4 Å². The third-order valence-electron chi connectivity index (χ3n) is 5.49. The number of ether oxygens (including phenoxy) is 5. The van der Waals surface area contributed by atoms with Crippen LogP contribution < -0.4 is 23.7 Å². The number of benzene rings is 3. The minimum absolute atomic E-state index is 0.122. The fourth-order valence-electron chi connectivity index (χ4n) is 3.85. The van der Waals surface area contributed by atoms with Crippen molar-refractivity contribution in [3.63, 3.8) is 0 Å². The molecule has 3 aromatic carbocycles. The Labute approximate surface area is 193 Å². The standard InChI is InChI=1S/C26H28O7/c1-16-20(23(30-3)25(32-5)24(31-4)22(16)29-2)14-17-10-6-7-11-18(17)15-33-21-13-9-8-12-19(21)26(27)28/h6-13H,14-15H2,1-5H3,(H,27,28). The molecule has 3 rings (SSSR count). The van der Waals surface area contributed by atoms with Gasteiger partial charge in [-0.25, -0.2) is 4.79 Å². The van der Waals surface area contributed by atoms with Crippen LogP contribution in [-0.4, -0.2) is 39.5 Å². The monoisotopic (exact) mass is 452 g/mol. The van der Waals surface area contributed by atoms with Gasteiger partial charge in [-0.05, 0) is 30.2 Å². The number of carboxylic acids is 1. The van der Waals surface area contributed by atoms with Gasteiger partial charge in [0.2, 0.25) is 11.5 Å². The van der Waals surface area contributed by atoms with Crippen LogP contribution in [0.15, 0.2) is 48.5 Å². The van der Waals surface area contributed by atoms with E-state index in [2.05, 4.69) is 0 Å². The molecule has 0 aliphatic carbocycles. The normalized spacial score (nSPS) is 10.5. The topological polar surface area (TPSA) is 83.5 Å². The number of rotatable bonds is 10. The number of methoxy groups -OCH3 is 4. The lowest BCUT2D eigenvalue weighted by atomic mass is 9.94. The molecule has 0 spiro atoms. The third-order valence-corrected chi connectivity index (χ3v) is 5.49. The summed E-state index contributed by atoms with van der Waals surface area (Å²) in [6.07, 6.45) is 0.520. The molecule has 0 unspecified atom stereocenters. The molecular formula is C26H28O7. The first-order valence-electron chi connectivity index (χ1n) is 10.3. The summed E-state index contributed by atoms with van der Waals surface area (Å²) in [6.45, 7) is 2.16. The summed E-state index contributed by atoms with van der Waals surface area (Å²) < 4.78 is 28.4. The van der Waals surface area contributed by atoms with E-state index in [0.29, 0.717) is 35.2 Å². The number of aromatic carboxylic acids is 1. The summed E-state index contributed by atoms with van der Waals surface area (Å²) >= 11 is 0. The van der Waals surface area contributed by atoms with Crippen molar-refractivity contribution in [3.8, 4) is 28.7 Å². The molecule has 0 heterocycles. The molecule has 7 nitrogen and oxygen atoms in total. The third kappa shape index (κ3) is 4.82. The Bertz CT molecular complexity index is 1140. The SMILES string of the molecule is COc1c(C)c(Cc2ccccc2COc2ccccc2C(=O)O)c(OC)c(OC)c1OC. The molecule has 1 N–H and O–H groups in total. The molecule has 0 fully saturated rings. The first-order valence-corrected chi connectivity index (χ1v) is 10.3. The lowest BCUT2D eigenvalue weighted by Gasteiger charge is -2.22. The second kappa shape index (κ2) is 10.6. The van der Waals surface area contributed by atoms with Crippen LogP contribution in [0, 0.1) is 6.92 Å². The minimum atomic E-state index is -1.03. The van der Waals surface area contributed by atoms with E-state index < -0.39 is 5.97 Å². The Morgan fingerprint density at radius 2 is 1.30 bits per heavy atom. The van der Waals surface area contributed by atoms with E-state index in [1.54, 1.807) is 46.6 Å². The molecule has 0 aliphatic heterocycles. The average Bonchev–Trinajstić information content (AvgIpc) is 2.83. The molecule has 0 aromatic heterocycles. The van der Waals surface area contributed by atoms with E-state index in [9.17, 15) is 9.90 Å².